The molecule has 1 unspecified atom stereocenters. The zero-order valence-corrected chi connectivity index (χ0v) is 16.1. The number of esters is 1. The van der Waals surface area contributed by atoms with Crippen molar-refractivity contribution in [3.05, 3.63) is 88.9 Å². The number of hydrogen-bond acceptors (Lipinski definition) is 6. The van der Waals surface area contributed by atoms with Crippen LogP contribution in [0.1, 0.15) is 39.4 Å². The van der Waals surface area contributed by atoms with Crippen molar-refractivity contribution in [2.75, 3.05) is 7.11 Å². The van der Waals surface area contributed by atoms with E-state index in [1.54, 1.807) is 37.7 Å². The normalized spacial score (nSPS) is 18.4. The van der Waals surface area contributed by atoms with Gasteiger partial charge >= 0.3 is 5.97 Å². The molecule has 0 bridgehead atoms. The van der Waals surface area contributed by atoms with Crippen LogP contribution in [0.2, 0.25) is 0 Å². The Morgan fingerprint density at radius 2 is 1.90 bits per heavy atom. The van der Waals surface area contributed by atoms with Gasteiger partial charge in [-0.1, -0.05) is 18.2 Å². The van der Waals surface area contributed by atoms with Crippen LogP contribution in [0.4, 0.5) is 0 Å². The Bertz CT molecular complexity index is 1180. The van der Waals surface area contributed by atoms with Crippen LogP contribution in [0.15, 0.2) is 66.7 Å². The summed E-state index contributed by atoms with van der Waals surface area (Å²) in [4.78, 5) is 29.3. The second-order valence-electron chi connectivity index (χ2n) is 7.08. The molecule has 2 aromatic carbocycles. The number of allylic oxidation sites excluding steroid dienone is 1. The second-order valence-corrected chi connectivity index (χ2v) is 7.08. The maximum Gasteiger partial charge on any atom is 0.312 e. The fourth-order valence-electron chi connectivity index (χ4n) is 3.82. The van der Waals surface area contributed by atoms with Crippen molar-refractivity contribution in [2.24, 2.45) is 0 Å². The lowest BCUT2D eigenvalue weighted by Gasteiger charge is -2.26. The van der Waals surface area contributed by atoms with Gasteiger partial charge in [-0.25, -0.2) is 0 Å². The average Bonchev–Trinajstić information content (AvgIpc) is 3.09. The SMILES string of the molecule is COc1ccc(/C=C2\Oc3c(ccc4c3C(c3cccnc3)CC(=O)O4)C2=O)cc1. The molecule has 0 N–H and O–H groups in total. The van der Waals surface area contributed by atoms with Crippen LogP contribution in [0.25, 0.3) is 6.08 Å². The third-order valence-electron chi connectivity index (χ3n) is 5.28. The molecule has 0 amide bonds. The molecule has 30 heavy (non-hydrogen) atoms. The molecule has 0 saturated carbocycles. The zero-order chi connectivity index (χ0) is 20.7. The molecule has 5 rings (SSSR count). The van der Waals surface area contributed by atoms with Crippen LogP contribution in [-0.2, 0) is 4.79 Å². The number of ether oxygens (including phenoxy) is 3. The molecule has 3 heterocycles. The topological polar surface area (TPSA) is 74.7 Å². The summed E-state index contributed by atoms with van der Waals surface area (Å²) < 4.78 is 16.6. The average molecular weight is 399 g/mol. The van der Waals surface area contributed by atoms with E-state index >= 15 is 0 Å². The lowest BCUT2D eigenvalue weighted by Crippen LogP contribution is -2.21. The van der Waals surface area contributed by atoms with Crippen LogP contribution in [-0.4, -0.2) is 23.8 Å². The van der Waals surface area contributed by atoms with Gasteiger partial charge in [-0.15, -0.1) is 0 Å². The number of Topliss-reactive ketones (excluding diaryl/α,β-unsaturated/α-hetero) is 1. The molecular weight excluding hydrogens is 382 g/mol. The fraction of sp³-hybridized carbons (Fsp3) is 0.125. The summed E-state index contributed by atoms with van der Waals surface area (Å²) in [6.07, 6.45) is 5.25. The van der Waals surface area contributed by atoms with Crippen LogP contribution in [0.5, 0.6) is 17.2 Å². The third kappa shape index (κ3) is 3.03. The zero-order valence-electron chi connectivity index (χ0n) is 16.1. The van der Waals surface area contributed by atoms with Crippen molar-refractivity contribution in [3.8, 4) is 17.2 Å². The maximum atomic E-state index is 13.0. The lowest BCUT2D eigenvalue weighted by atomic mass is 9.85. The fourth-order valence-corrected chi connectivity index (χ4v) is 3.82. The van der Waals surface area contributed by atoms with E-state index < -0.39 is 0 Å². The highest BCUT2D eigenvalue weighted by molar-refractivity contribution is 6.15. The first-order valence-corrected chi connectivity index (χ1v) is 9.50. The predicted octanol–water partition coefficient (Wildman–Crippen LogP) is 4.15. The molecule has 0 fully saturated rings. The molecule has 6 nitrogen and oxygen atoms in total. The van der Waals surface area contributed by atoms with Crippen LogP contribution < -0.4 is 14.2 Å². The Balaban J connectivity index is 1.58. The van der Waals surface area contributed by atoms with E-state index in [-0.39, 0.29) is 29.9 Å². The van der Waals surface area contributed by atoms with Crippen molar-refractivity contribution in [2.45, 2.75) is 12.3 Å². The standard InChI is InChI=1S/C24H17NO5/c1-28-16-6-4-14(5-7-16)11-20-23(27)17-8-9-19-22(24(17)30-20)18(12-21(26)29-19)15-3-2-10-25-13-15/h2-11,13,18H,12H2,1H3/b20-11-. The Morgan fingerprint density at radius 3 is 2.63 bits per heavy atom. The van der Waals surface area contributed by atoms with Gasteiger partial charge in [0, 0.05) is 23.9 Å². The summed E-state index contributed by atoms with van der Waals surface area (Å²) in [6.45, 7) is 0. The van der Waals surface area contributed by atoms with Crippen LogP contribution >= 0.6 is 0 Å². The molecule has 2 aliphatic heterocycles. The Labute approximate surface area is 172 Å². The molecule has 0 aliphatic carbocycles. The predicted molar refractivity (Wildman–Crippen MR) is 109 cm³/mol. The van der Waals surface area contributed by atoms with Gasteiger partial charge in [-0.2, -0.15) is 0 Å². The number of carbonyl (C=O) groups excluding carboxylic acids is 2. The molecule has 148 valence electrons. The Hall–Kier alpha value is -3.93. The number of ketones is 1. The van der Waals surface area contributed by atoms with Crippen LogP contribution in [0, 0.1) is 0 Å². The molecule has 0 spiro atoms. The minimum atomic E-state index is -0.324. The van der Waals surface area contributed by atoms with Gasteiger partial charge in [-0.05, 0) is 47.5 Å². The minimum Gasteiger partial charge on any atom is -0.497 e. The number of rotatable bonds is 3. The number of carbonyl (C=O) groups is 2. The van der Waals surface area contributed by atoms with Crippen molar-refractivity contribution in [1.82, 2.24) is 4.98 Å². The highest BCUT2D eigenvalue weighted by Crippen LogP contribution is 2.48. The summed E-state index contributed by atoms with van der Waals surface area (Å²) in [5.74, 6) is 0.994. The highest BCUT2D eigenvalue weighted by atomic mass is 16.5. The van der Waals surface area contributed by atoms with E-state index in [2.05, 4.69) is 4.98 Å². The second kappa shape index (κ2) is 7.15. The van der Waals surface area contributed by atoms with E-state index in [0.29, 0.717) is 22.6 Å². The van der Waals surface area contributed by atoms with E-state index in [0.717, 1.165) is 16.9 Å². The van der Waals surface area contributed by atoms with Gasteiger partial charge in [-0.3, -0.25) is 14.6 Å². The van der Waals surface area contributed by atoms with Gasteiger partial charge in [0.2, 0.25) is 5.78 Å². The van der Waals surface area contributed by atoms with Gasteiger partial charge in [0.05, 0.1) is 19.1 Å². The number of methoxy groups -OCH3 is 1. The quantitative estimate of drug-likeness (QED) is 0.374. The number of nitrogens with zero attached hydrogens (tertiary/aromatic N) is 1. The molecule has 0 radical (unpaired) electrons. The summed E-state index contributed by atoms with van der Waals surface area (Å²) in [7, 11) is 1.60. The molecule has 1 aromatic heterocycles. The summed E-state index contributed by atoms with van der Waals surface area (Å²) in [5.41, 5.74) is 2.84. The van der Waals surface area contributed by atoms with Crippen LogP contribution in [0.3, 0.4) is 0 Å². The molecule has 0 saturated heterocycles. The maximum absolute atomic E-state index is 13.0. The van der Waals surface area contributed by atoms with Crippen molar-refractivity contribution in [1.29, 1.82) is 0 Å². The third-order valence-corrected chi connectivity index (χ3v) is 5.28. The molecule has 3 aromatic rings. The number of hydrogen-bond donors (Lipinski definition) is 0. The van der Waals surface area contributed by atoms with Crippen molar-refractivity contribution >= 4 is 17.8 Å². The molecule has 2 aliphatic rings. The van der Waals surface area contributed by atoms with Crippen molar-refractivity contribution < 1.29 is 23.8 Å². The van der Waals surface area contributed by atoms with Gasteiger partial charge in [0.25, 0.3) is 0 Å². The van der Waals surface area contributed by atoms with Gasteiger partial charge in [0.15, 0.2) is 5.76 Å². The number of benzene rings is 2. The summed E-state index contributed by atoms with van der Waals surface area (Å²) in [6, 6.07) is 14.4. The molecule has 1 atom stereocenters. The number of aromatic nitrogens is 1. The summed E-state index contributed by atoms with van der Waals surface area (Å²) >= 11 is 0. The van der Waals surface area contributed by atoms with Gasteiger partial charge < -0.3 is 14.2 Å². The van der Waals surface area contributed by atoms with E-state index in [1.165, 1.54) is 0 Å². The monoisotopic (exact) mass is 399 g/mol. The first kappa shape index (κ1) is 18.1. The van der Waals surface area contributed by atoms with Crippen molar-refractivity contribution in [3.63, 3.8) is 0 Å². The first-order valence-electron chi connectivity index (χ1n) is 9.50. The number of pyridine rings is 1. The Kier molecular flexibility index (Phi) is 4.32. The molecule has 6 heteroatoms. The Morgan fingerprint density at radius 1 is 1.07 bits per heavy atom. The largest absolute Gasteiger partial charge is 0.497 e. The van der Waals surface area contributed by atoms with E-state index in [1.807, 2.05) is 36.4 Å². The minimum absolute atomic E-state index is 0.157. The van der Waals surface area contributed by atoms with E-state index in [9.17, 15) is 9.59 Å². The first-order chi connectivity index (χ1) is 14.6. The number of fused-ring (bicyclic) bond motifs is 3. The highest BCUT2D eigenvalue weighted by Gasteiger charge is 2.38. The lowest BCUT2D eigenvalue weighted by molar-refractivity contribution is -0.135. The molecular formula is C24H17NO5. The summed E-state index contributed by atoms with van der Waals surface area (Å²) in [5, 5.41) is 0. The smallest absolute Gasteiger partial charge is 0.312 e. The van der Waals surface area contributed by atoms with E-state index in [4.69, 9.17) is 14.2 Å². The van der Waals surface area contributed by atoms with Gasteiger partial charge in [0.1, 0.15) is 17.2 Å².